The van der Waals surface area contributed by atoms with Crippen LogP contribution < -0.4 is 9.47 Å². The molecule has 0 radical (unpaired) electrons. The van der Waals surface area contributed by atoms with Gasteiger partial charge in [-0.25, -0.2) is 4.98 Å². The van der Waals surface area contributed by atoms with Crippen molar-refractivity contribution < 1.29 is 14.3 Å². The first-order valence-corrected chi connectivity index (χ1v) is 6.90. The van der Waals surface area contributed by atoms with Crippen LogP contribution in [0.2, 0.25) is 0 Å². The van der Waals surface area contributed by atoms with Crippen molar-refractivity contribution in [3.63, 3.8) is 0 Å². The maximum atomic E-state index is 12.2. The summed E-state index contributed by atoms with van der Waals surface area (Å²) in [5.74, 6) is 2.24. The Morgan fingerprint density at radius 3 is 2.62 bits per heavy atom. The summed E-state index contributed by atoms with van der Waals surface area (Å²) >= 11 is 0. The monoisotopic (exact) mass is 288 g/mol. The van der Waals surface area contributed by atoms with Gasteiger partial charge in [0.2, 0.25) is 0 Å². The summed E-state index contributed by atoms with van der Waals surface area (Å²) in [4.78, 5) is 16.4. The van der Waals surface area contributed by atoms with Gasteiger partial charge in [-0.15, -0.1) is 0 Å². The lowest BCUT2D eigenvalue weighted by molar-refractivity contribution is -0.117. The maximum Gasteiger partial charge on any atom is 0.161 e. The number of hydrogen-bond acceptors (Lipinski definition) is 4. The number of carbonyl (C=O) groups excluding carboxylic acids is 1. The normalized spacial score (nSPS) is 10.4. The van der Waals surface area contributed by atoms with E-state index in [1.807, 2.05) is 35.9 Å². The zero-order valence-electron chi connectivity index (χ0n) is 12.6. The van der Waals surface area contributed by atoms with Gasteiger partial charge in [0.25, 0.3) is 0 Å². The van der Waals surface area contributed by atoms with E-state index >= 15 is 0 Å². The van der Waals surface area contributed by atoms with Gasteiger partial charge in [-0.3, -0.25) is 4.79 Å². The molecule has 0 saturated heterocycles. The summed E-state index contributed by atoms with van der Waals surface area (Å²) < 4.78 is 12.4. The van der Waals surface area contributed by atoms with Crippen molar-refractivity contribution in [2.75, 3.05) is 14.2 Å². The summed E-state index contributed by atoms with van der Waals surface area (Å²) in [5, 5.41) is 0. The summed E-state index contributed by atoms with van der Waals surface area (Å²) in [6, 6.07) is 5.53. The Hall–Kier alpha value is -2.30. The molecule has 2 aromatic rings. The van der Waals surface area contributed by atoms with Crippen LogP contribution in [0.4, 0.5) is 0 Å². The van der Waals surface area contributed by atoms with Crippen LogP contribution in [0.5, 0.6) is 11.5 Å². The van der Waals surface area contributed by atoms with Crippen LogP contribution in [0, 0.1) is 0 Å². The van der Waals surface area contributed by atoms with Gasteiger partial charge >= 0.3 is 0 Å². The third-order valence-corrected chi connectivity index (χ3v) is 3.35. The van der Waals surface area contributed by atoms with E-state index in [0.29, 0.717) is 24.3 Å². The highest BCUT2D eigenvalue weighted by atomic mass is 16.5. The van der Waals surface area contributed by atoms with Crippen molar-refractivity contribution in [3.8, 4) is 11.5 Å². The number of methoxy groups -OCH3 is 2. The second-order valence-electron chi connectivity index (χ2n) is 4.71. The first-order valence-electron chi connectivity index (χ1n) is 6.90. The lowest BCUT2D eigenvalue weighted by Gasteiger charge is -2.09. The molecule has 0 atom stereocenters. The maximum absolute atomic E-state index is 12.2. The van der Waals surface area contributed by atoms with Gasteiger partial charge in [-0.1, -0.05) is 6.07 Å². The molecule has 5 nitrogen and oxygen atoms in total. The number of aromatic nitrogens is 2. The van der Waals surface area contributed by atoms with E-state index in [4.69, 9.17) is 9.47 Å². The molecular formula is C16H20N2O3. The minimum absolute atomic E-state index is 0.128. The van der Waals surface area contributed by atoms with Crippen LogP contribution in [0.25, 0.3) is 0 Å². The van der Waals surface area contributed by atoms with E-state index in [1.165, 1.54) is 0 Å². The largest absolute Gasteiger partial charge is 0.493 e. The highest BCUT2D eigenvalue weighted by molar-refractivity contribution is 5.82. The van der Waals surface area contributed by atoms with Crippen LogP contribution >= 0.6 is 0 Å². The smallest absolute Gasteiger partial charge is 0.161 e. The Balaban J connectivity index is 2.06. The van der Waals surface area contributed by atoms with Crippen LogP contribution in [0.1, 0.15) is 18.3 Å². The van der Waals surface area contributed by atoms with Crippen LogP contribution in [-0.2, 0) is 24.2 Å². The number of Topliss-reactive ketones (excluding diaryl/α,β-unsaturated/α-hetero) is 1. The predicted octanol–water partition coefficient (Wildman–Crippen LogP) is 2.27. The van der Waals surface area contributed by atoms with Gasteiger partial charge in [0, 0.05) is 25.4 Å². The van der Waals surface area contributed by atoms with Crippen LogP contribution in [0.15, 0.2) is 30.6 Å². The zero-order valence-corrected chi connectivity index (χ0v) is 12.6. The molecule has 0 aliphatic carbocycles. The van der Waals surface area contributed by atoms with Gasteiger partial charge in [0.1, 0.15) is 11.6 Å². The Morgan fingerprint density at radius 1 is 1.19 bits per heavy atom. The van der Waals surface area contributed by atoms with Crippen molar-refractivity contribution in [2.24, 2.45) is 0 Å². The Labute approximate surface area is 124 Å². The first kappa shape index (κ1) is 15.1. The average Bonchev–Trinajstić information content (AvgIpc) is 2.94. The number of aryl methyl sites for hydroxylation is 1. The fraction of sp³-hybridized carbons (Fsp3) is 0.375. The first-order chi connectivity index (χ1) is 10.2. The van der Waals surface area contributed by atoms with Crippen molar-refractivity contribution >= 4 is 5.78 Å². The Kier molecular flexibility index (Phi) is 4.98. The molecule has 0 saturated carbocycles. The summed E-state index contributed by atoms with van der Waals surface area (Å²) in [6.07, 6.45) is 4.31. The van der Waals surface area contributed by atoms with Crippen molar-refractivity contribution in [3.05, 3.63) is 42.0 Å². The minimum Gasteiger partial charge on any atom is -0.493 e. The highest BCUT2D eigenvalue weighted by Crippen LogP contribution is 2.27. The van der Waals surface area contributed by atoms with Crippen molar-refractivity contribution in [2.45, 2.75) is 26.3 Å². The molecule has 2 rings (SSSR count). The highest BCUT2D eigenvalue weighted by Gasteiger charge is 2.11. The second-order valence-corrected chi connectivity index (χ2v) is 4.71. The van der Waals surface area contributed by atoms with E-state index in [1.54, 1.807) is 20.4 Å². The van der Waals surface area contributed by atoms with Gasteiger partial charge in [-0.2, -0.15) is 0 Å². The summed E-state index contributed by atoms with van der Waals surface area (Å²) in [6.45, 7) is 2.85. The molecule has 0 N–H and O–H groups in total. The lowest BCUT2D eigenvalue weighted by atomic mass is 10.1. The number of imidazole rings is 1. The fourth-order valence-corrected chi connectivity index (χ4v) is 2.25. The molecule has 21 heavy (non-hydrogen) atoms. The molecule has 112 valence electrons. The molecule has 0 fully saturated rings. The molecule has 1 aromatic carbocycles. The Bertz CT molecular complexity index is 620. The summed E-state index contributed by atoms with van der Waals surface area (Å²) in [7, 11) is 3.18. The number of hydrogen-bond donors (Lipinski definition) is 0. The molecule has 0 aliphatic heterocycles. The third kappa shape index (κ3) is 3.62. The van der Waals surface area contributed by atoms with Crippen molar-refractivity contribution in [1.29, 1.82) is 0 Å². The van der Waals surface area contributed by atoms with Gasteiger partial charge in [-0.05, 0) is 24.6 Å². The Morgan fingerprint density at radius 2 is 1.95 bits per heavy atom. The number of ether oxygens (including phenoxy) is 2. The molecule has 0 spiro atoms. The molecule has 0 bridgehead atoms. The molecule has 0 amide bonds. The lowest BCUT2D eigenvalue weighted by Crippen LogP contribution is -2.11. The quantitative estimate of drug-likeness (QED) is 0.784. The molecule has 1 aromatic heterocycles. The van der Waals surface area contributed by atoms with Crippen molar-refractivity contribution in [1.82, 2.24) is 9.55 Å². The average molecular weight is 288 g/mol. The molecule has 0 aliphatic rings. The topological polar surface area (TPSA) is 53.4 Å². The molecular weight excluding hydrogens is 268 g/mol. The third-order valence-electron chi connectivity index (χ3n) is 3.35. The fourth-order valence-electron chi connectivity index (χ4n) is 2.25. The minimum atomic E-state index is 0.128. The van der Waals surface area contributed by atoms with E-state index in [0.717, 1.165) is 17.9 Å². The van der Waals surface area contributed by atoms with Crippen LogP contribution in [-0.4, -0.2) is 29.6 Å². The van der Waals surface area contributed by atoms with Crippen LogP contribution in [0.3, 0.4) is 0 Å². The zero-order chi connectivity index (χ0) is 15.2. The van der Waals surface area contributed by atoms with Gasteiger partial charge in [0.05, 0.1) is 20.6 Å². The van der Waals surface area contributed by atoms with Gasteiger partial charge < -0.3 is 14.0 Å². The van der Waals surface area contributed by atoms with E-state index in [2.05, 4.69) is 4.98 Å². The molecule has 0 unspecified atom stereocenters. The second kappa shape index (κ2) is 6.92. The number of nitrogens with zero attached hydrogens (tertiary/aromatic N) is 2. The number of rotatable bonds is 7. The van der Waals surface area contributed by atoms with Gasteiger partial charge in [0.15, 0.2) is 11.5 Å². The predicted molar refractivity (Wildman–Crippen MR) is 79.9 cm³/mol. The number of benzene rings is 1. The SMILES string of the molecule is CCn1ccnc1CC(=O)Cc1ccc(OC)c(OC)c1. The molecule has 5 heteroatoms. The summed E-state index contributed by atoms with van der Waals surface area (Å²) in [5.41, 5.74) is 0.909. The van der Waals surface area contributed by atoms with E-state index in [-0.39, 0.29) is 5.78 Å². The number of carbonyl (C=O) groups is 1. The van der Waals surface area contributed by atoms with E-state index < -0.39 is 0 Å². The van der Waals surface area contributed by atoms with E-state index in [9.17, 15) is 4.79 Å². The standard InChI is InChI=1S/C16H20N2O3/c1-4-18-8-7-17-16(18)11-13(19)9-12-5-6-14(20-2)15(10-12)21-3/h5-8,10H,4,9,11H2,1-3H3. The number of ketones is 1. The molecule has 1 heterocycles.